The van der Waals surface area contributed by atoms with Crippen molar-refractivity contribution in [3.63, 3.8) is 0 Å². The number of thiocarbonyl (C=S) groups is 1. The van der Waals surface area contributed by atoms with Gasteiger partial charge in [-0.3, -0.25) is 0 Å². The SMILES string of the molecule is CCOc1ccccc1CCNC(=S)Nc1ccc(Br)c(C)c1. The van der Waals surface area contributed by atoms with Crippen LogP contribution in [-0.4, -0.2) is 18.3 Å². The molecule has 0 heterocycles. The first-order valence-corrected chi connectivity index (χ1v) is 8.82. The number of rotatable bonds is 6. The fourth-order valence-electron chi connectivity index (χ4n) is 2.22. The van der Waals surface area contributed by atoms with Gasteiger partial charge in [-0.25, -0.2) is 0 Å². The number of hydrogen-bond acceptors (Lipinski definition) is 2. The Hall–Kier alpha value is -1.59. The van der Waals surface area contributed by atoms with Crippen molar-refractivity contribution in [3.8, 4) is 5.75 Å². The predicted octanol–water partition coefficient (Wildman–Crippen LogP) is 4.69. The van der Waals surface area contributed by atoms with Gasteiger partial charge in [-0.05, 0) is 67.9 Å². The standard InChI is InChI=1S/C18H21BrN2OS/c1-3-22-17-7-5-4-6-14(17)10-11-20-18(23)21-15-8-9-16(19)13(2)12-15/h4-9,12H,3,10-11H2,1-2H3,(H2,20,21,23). The molecule has 0 aliphatic rings. The van der Waals surface area contributed by atoms with Crippen molar-refractivity contribution >= 4 is 38.9 Å². The molecule has 0 amide bonds. The van der Waals surface area contributed by atoms with Crippen LogP contribution in [0.1, 0.15) is 18.1 Å². The maximum atomic E-state index is 5.63. The highest BCUT2D eigenvalue weighted by atomic mass is 79.9. The fourth-order valence-corrected chi connectivity index (χ4v) is 2.68. The zero-order chi connectivity index (χ0) is 16.7. The first-order valence-electron chi connectivity index (χ1n) is 7.62. The molecule has 2 aromatic carbocycles. The first kappa shape index (κ1) is 17.8. The zero-order valence-corrected chi connectivity index (χ0v) is 15.8. The molecule has 5 heteroatoms. The van der Waals surface area contributed by atoms with E-state index in [0.717, 1.165) is 28.9 Å². The Morgan fingerprint density at radius 1 is 1.22 bits per heavy atom. The van der Waals surface area contributed by atoms with Crippen molar-refractivity contribution in [3.05, 3.63) is 58.1 Å². The lowest BCUT2D eigenvalue weighted by Gasteiger charge is -2.13. The molecular weight excluding hydrogens is 372 g/mol. The predicted molar refractivity (Wildman–Crippen MR) is 104 cm³/mol. The van der Waals surface area contributed by atoms with E-state index in [4.69, 9.17) is 17.0 Å². The van der Waals surface area contributed by atoms with Gasteiger partial charge in [0, 0.05) is 16.7 Å². The third-order valence-electron chi connectivity index (χ3n) is 3.37. The van der Waals surface area contributed by atoms with Crippen LogP contribution < -0.4 is 15.4 Å². The Balaban J connectivity index is 1.84. The quantitative estimate of drug-likeness (QED) is 0.698. The van der Waals surface area contributed by atoms with Crippen molar-refractivity contribution in [2.24, 2.45) is 0 Å². The largest absolute Gasteiger partial charge is 0.494 e. The third-order valence-corrected chi connectivity index (χ3v) is 4.50. The molecule has 122 valence electrons. The maximum Gasteiger partial charge on any atom is 0.170 e. The van der Waals surface area contributed by atoms with Crippen molar-refractivity contribution < 1.29 is 4.74 Å². The molecule has 2 rings (SSSR count). The van der Waals surface area contributed by atoms with Crippen molar-refractivity contribution in [1.82, 2.24) is 5.32 Å². The number of aryl methyl sites for hydroxylation is 1. The molecule has 3 nitrogen and oxygen atoms in total. The van der Waals surface area contributed by atoms with Crippen molar-refractivity contribution in [2.75, 3.05) is 18.5 Å². The monoisotopic (exact) mass is 392 g/mol. The van der Waals surface area contributed by atoms with Gasteiger partial charge in [-0.1, -0.05) is 34.1 Å². The van der Waals surface area contributed by atoms with Gasteiger partial charge in [0.25, 0.3) is 0 Å². The summed E-state index contributed by atoms with van der Waals surface area (Å²) in [4.78, 5) is 0. The summed E-state index contributed by atoms with van der Waals surface area (Å²) in [5.41, 5.74) is 3.34. The van der Waals surface area contributed by atoms with Crippen molar-refractivity contribution in [1.29, 1.82) is 0 Å². The molecule has 0 spiro atoms. The Morgan fingerprint density at radius 3 is 2.74 bits per heavy atom. The molecule has 2 N–H and O–H groups in total. The van der Waals surface area contributed by atoms with E-state index in [-0.39, 0.29) is 0 Å². The summed E-state index contributed by atoms with van der Waals surface area (Å²) < 4.78 is 6.73. The minimum absolute atomic E-state index is 0.626. The second kappa shape index (κ2) is 8.89. The second-order valence-electron chi connectivity index (χ2n) is 5.14. The molecule has 2 aromatic rings. The normalized spacial score (nSPS) is 10.2. The second-order valence-corrected chi connectivity index (χ2v) is 6.40. The first-order chi connectivity index (χ1) is 11.1. The molecule has 0 aliphatic carbocycles. The lowest BCUT2D eigenvalue weighted by Crippen LogP contribution is -2.30. The van der Waals surface area contributed by atoms with Crippen LogP contribution in [0.15, 0.2) is 46.9 Å². The highest BCUT2D eigenvalue weighted by Crippen LogP contribution is 2.20. The maximum absolute atomic E-state index is 5.63. The Kier molecular flexibility index (Phi) is 6.86. The molecule has 0 aromatic heterocycles. The molecule has 0 radical (unpaired) electrons. The van der Waals surface area contributed by atoms with Gasteiger partial charge in [-0.2, -0.15) is 0 Å². The third kappa shape index (κ3) is 5.52. The van der Waals surface area contributed by atoms with E-state index in [2.05, 4.69) is 45.6 Å². The van der Waals surface area contributed by atoms with E-state index >= 15 is 0 Å². The number of halogens is 1. The summed E-state index contributed by atoms with van der Waals surface area (Å²) in [5.74, 6) is 0.944. The van der Waals surface area contributed by atoms with E-state index in [9.17, 15) is 0 Å². The smallest absolute Gasteiger partial charge is 0.170 e. The molecule has 0 atom stereocenters. The summed E-state index contributed by atoms with van der Waals surface area (Å²) >= 11 is 8.84. The van der Waals surface area contributed by atoms with E-state index in [1.807, 2.05) is 37.3 Å². The van der Waals surface area contributed by atoms with E-state index in [0.29, 0.717) is 11.7 Å². The van der Waals surface area contributed by atoms with Gasteiger partial charge >= 0.3 is 0 Å². The number of nitrogens with one attached hydrogen (secondary N) is 2. The number of anilines is 1. The minimum Gasteiger partial charge on any atom is -0.494 e. The average molecular weight is 393 g/mol. The van der Waals surface area contributed by atoms with Crippen LogP contribution in [-0.2, 0) is 6.42 Å². The van der Waals surface area contributed by atoms with Crippen molar-refractivity contribution in [2.45, 2.75) is 20.3 Å². The minimum atomic E-state index is 0.626. The van der Waals surface area contributed by atoms with E-state index in [1.54, 1.807) is 0 Å². The average Bonchev–Trinajstić information content (AvgIpc) is 2.53. The molecule has 0 aliphatic heterocycles. The topological polar surface area (TPSA) is 33.3 Å². The number of benzene rings is 2. The number of ether oxygens (including phenoxy) is 1. The Morgan fingerprint density at radius 2 is 2.00 bits per heavy atom. The Labute approximate surface area is 151 Å². The van der Waals surface area contributed by atoms with Crippen LogP contribution in [0.3, 0.4) is 0 Å². The van der Waals surface area contributed by atoms with Crippen LogP contribution in [0.4, 0.5) is 5.69 Å². The van der Waals surface area contributed by atoms with Gasteiger partial charge in [0.05, 0.1) is 6.61 Å². The zero-order valence-electron chi connectivity index (χ0n) is 13.4. The van der Waals surface area contributed by atoms with Gasteiger partial charge in [0.2, 0.25) is 0 Å². The van der Waals surface area contributed by atoms with E-state index < -0.39 is 0 Å². The lowest BCUT2D eigenvalue weighted by molar-refractivity contribution is 0.336. The van der Waals surface area contributed by atoms with Gasteiger partial charge in [0.15, 0.2) is 5.11 Å². The fraction of sp³-hybridized carbons (Fsp3) is 0.278. The molecular formula is C18H21BrN2OS. The van der Waals surface area contributed by atoms with Gasteiger partial charge in [-0.15, -0.1) is 0 Å². The molecule has 0 bridgehead atoms. The summed E-state index contributed by atoms with van der Waals surface area (Å²) in [6.45, 7) is 5.48. The van der Waals surface area contributed by atoms with Crippen LogP contribution in [0.5, 0.6) is 5.75 Å². The van der Waals surface area contributed by atoms with Crippen LogP contribution in [0.2, 0.25) is 0 Å². The summed E-state index contributed by atoms with van der Waals surface area (Å²) in [5, 5.41) is 7.07. The summed E-state index contributed by atoms with van der Waals surface area (Å²) in [7, 11) is 0. The number of hydrogen-bond donors (Lipinski definition) is 2. The number of para-hydroxylation sites is 1. The van der Waals surface area contributed by atoms with Crippen LogP contribution >= 0.6 is 28.1 Å². The molecule has 23 heavy (non-hydrogen) atoms. The Bertz CT molecular complexity index is 676. The molecule has 0 fully saturated rings. The highest BCUT2D eigenvalue weighted by molar-refractivity contribution is 9.10. The molecule has 0 unspecified atom stereocenters. The van der Waals surface area contributed by atoms with Crippen LogP contribution in [0.25, 0.3) is 0 Å². The summed E-state index contributed by atoms with van der Waals surface area (Å²) in [6, 6.07) is 14.2. The van der Waals surface area contributed by atoms with Gasteiger partial charge < -0.3 is 15.4 Å². The summed E-state index contributed by atoms with van der Waals surface area (Å²) in [6.07, 6.45) is 0.858. The highest BCUT2D eigenvalue weighted by Gasteiger charge is 2.03. The van der Waals surface area contributed by atoms with E-state index in [1.165, 1.54) is 11.1 Å². The molecule has 0 saturated heterocycles. The van der Waals surface area contributed by atoms with Gasteiger partial charge in [0.1, 0.15) is 5.75 Å². The molecule has 0 saturated carbocycles. The lowest BCUT2D eigenvalue weighted by atomic mass is 10.1. The van der Waals surface area contributed by atoms with Crippen LogP contribution in [0, 0.1) is 6.92 Å².